The van der Waals surface area contributed by atoms with Crippen LogP contribution in [0.3, 0.4) is 0 Å². The number of methoxy groups -OCH3 is 1. The Kier molecular flexibility index (Phi) is 7.08. The molecule has 186 valence electrons. The lowest BCUT2D eigenvalue weighted by Crippen LogP contribution is -2.24. The first kappa shape index (κ1) is 24.5. The van der Waals surface area contributed by atoms with Gasteiger partial charge in [0.2, 0.25) is 5.62 Å². The number of hydrogen-bond acceptors (Lipinski definition) is 4. The van der Waals surface area contributed by atoms with E-state index in [9.17, 15) is 4.79 Å². The summed E-state index contributed by atoms with van der Waals surface area (Å²) >= 11 is 12.7. The minimum Gasteiger partial charge on any atom is -0.490 e. The highest BCUT2D eigenvalue weighted by Gasteiger charge is 2.17. The number of hydrogen-bond donors (Lipinski definition) is 0. The number of imidazole rings is 1. The number of esters is 1. The van der Waals surface area contributed by atoms with Crippen LogP contribution in [0, 0.1) is 0 Å². The molecular formula is C28H27Cl2N3O3. The van der Waals surface area contributed by atoms with Crippen LogP contribution in [0.25, 0.3) is 11.0 Å². The summed E-state index contributed by atoms with van der Waals surface area (Å²) < 4.78 is 15.0. The maximum absolute atomic E-state index is 11.8. The Morgan fingerprint density at radius 2 is 1.61 bits per heavy atom. The Balaban J connectivity index is 1.54. The van der Waals surface area contributed by atoms with Gasteiger partial charge in [-0.2, -0.15) is 0 Å². The standard InChI is InChI=1S/C28H27Cl2N3O3/c1-32-25-15-23(29)24(30)16-26(25)33(17-18-7-9-19(10-8-18)27(34)35-2)28(32)31-20-11-13-22(14-12-20)36-21-5-3-4-6-21/h7-16,21H,3-6,17H2,1-2H3/b31-28-. The van der Waals surface area contributed by atoms with E-state index in [1.807, 2.05) is 60.1 Å². The van der Waals surface area contributed by atoms with Crippen LogP contribution in [0.4, 0.5) is 5.69 Å². The molecule has 0 N–H and O–H groups in total. The van der Waals surface area contributed by atoms with Gasteiger partial charge in [0.1, 0.15) is 5.75 Å². The molecule has 0 amide bonds. The molecule has 1 fully saturated rings. The summed E-state index contributed by atoms with van der Waals surface area (Å²) in [6.45, 7) is 0.526. The second-order valence-electron chi connectivity index (χ2n) is 9.02. The van der Waals surface area contributed by atoms with Gasteiger partial charge in [-0.25, -0.2) is 9.79 Å². The normalized spacial score (nSPS) is 14.5. The molecule has 4 aromatic rings. The van der Waals surface area contributed by atoms with Crippen molar-refractivity contribution in [3.05, 3.63) is 87.5 Å². The fourth-order valence-electron chi connectivity index (χ4n) is 4.66. The second kappa shape index (κ2) is 10.4. The van der Waals surface area contributed by atoms with Crippen LogP contribution < -0.4 is 10.4 Å². The predicted molar refractivity (Wildman–Crippen MR) is 142 cm³/mol. The van der Waals surface area contributed by atoms with Crippen molar-refractivity contribution in [2.24, 2.45) is 12.0 Å². The summed E-state index contributed by atoms with van der Waals surface area (Å²) in [6, 6.07) is 18.9. The number of nitrogens with zero attached hydrogens (tertiary/aromatic N) is 3. The number of benzene rings is 3. The molecule has 1 heterocycles. The lowest BCUT2D eigenvalue weighted by atomic mass is 10.1. The lowest BCUT2D eigenvalue weighted by Gasteiger charge is -2.12. The molecule has 36 heavy (non-hydrogen) atoms. The van der Waals surface area contributed by atoms with Gasteiger partial charge in [0.25, 0.3) is 0 Å². The molecule has 0 bridgehead atoms. The SMILES string of the molecule is COC(=O)c1ccc(Cn2/c(=N\c3ccc(OC4CCCC4)cc3)n(C)c3cc(Cl)c(Cl)cc32)cc1. The first-order valence-corrected chi connectivity index (χ1v) is 12.7. The molecule has 1 aliphatic carbocycles. The summed E-state index contributed by atoms with van der Waals surface area (Å²) in [7, 11) is 3.33. The van der Waals surface area contributed by atoms with Crippen molar-refractivity contribution < 1.29 is 14.3 Å². The zero-order valence-corrected chi connectivity index (χ0v) is 21.7. The largest absolute Gasteiger partial charge is 0.490 e. The van der Waals surface area contributed by atoms with E-state index in [0.29, 0.717) is 28.3 Å². The molecule has 5 rings (SSSR count). The van der Waals surface area contributed by atoms with E-state index in [1.54, 1.807) is 12.1 Å². The molecule has 6 nitrogen and oxygen atoms in total. The Morgan fingerprint density at radius 1 is 0.972 bits per heavy atom. The van der Waals surface area contributed by atoms with E-state index in [1.165, 1.54) is 20.0 Å². The molecule has 0 radical (unpaired) electrons. The number of ether oxygens (including phenoxy) is 2. The van der Waals surface area contributed by atoms with E-state index in [-0.39, 0.29) is 5.97 Å². The fraction of sp³-hybridized carbons (Fsp3) is 0.286. The van der Waals surface area contributed by atoms with E-state index >= 15 is 0 Å². The minimum absolute atomic E-state index is 0.313. The molecule has 8 heteroatoms. The molecule has 0 aliphatic heterocycles. The number of fused-ring (bicyclic) bond motifs is 1. The van der Waals surface area contributed by atoms with Gasteiger partial charge in [0, 0.05) is 7.05 Å². The molecule has 3 aromatic carbocycles. The van der Waals surface area contributed by atoms with Gasteiger partial charge >= 0.3 is 5.97 Å². The van der Waals surface area contributed by atoms with Gasteiger partial charge in [-0.15, -0.1) is 0 Å². The highest BCUT2D eigenvalue weighted by Crippen LogP contribution is 2.29. The molecule has 1 aromatic heterocycles. The zero-order valence-electron chi connectivity index (χ0n) is 20.2. The average Bonchev–Trinajstić information content (AvgIpc) is 3.48. The van der Waals surface area contributed by atoms with Crippen LogP contribution >= 0.6 is 23.2 Å². The first-order valence-electron chi connectivity index (χ1n) is 12.0. The van der Waals surface area contributed by atoms with E-state index in [0.717, 1.165) is 46.5 Å². The molecule has 0 atom stereocenters. The number of carbonyl (C=O) groups is 1. The number of rotatable bonds is 6. The van der Waals surface area contributed by atoms with Crippen molar-refractivity contribution in [2.75, 3.05) is 7.11 Å². The minimum atomic E-state index is -0.364. The highest BCUT2D eigenvalue weighted by atomic mass is 35.5. The van der Waals surface area contributed by atoms with Crippen LogP contribution in [0.1, 0.15) is 41.6 Å². The van der Waals surface area contributed by atoms with Gasteiger partial charge < -0.3 is 18.6 Å². The number of aromatic nitrogens is 2. The predicted octanol–water partition coefficient (Wildman–Crippen LogP) is 6.68. The summed E-state index contributed by atoms with van der Waals surface area (Å²) in [6.07, 6.45) is 5.02. The Labute approximate surface area is 219 Å². The maximum atomic E-state index is 11.8. The number of aryl methyl sites for hydroxylation is 1. The molecule has 0 saturated heterocycles. The van der Waals surface area contributed by atoms with E-state index in [4.69, 9.17) is 37.7 Å². The fourth-order valence-corrected chi connectivity index (χ4v) is 4.97. The van der Waals surface area contributed by atoms with Crippen molar-refractivity contribution in [1.82, 2.24) is 9.13 Å². The Morgan fingerprint density at radius 3 is 2.25 bits per heavy atom. The molecule has 0 unspecified atom stereocenters. The number of halogens is 2. The second-order valence-corrected chi connectivity index (χ2v) is 9.83. The van der Waals surface area contributed by atoms with Crippen LogP contribution in [-0.2, 0) is 18.3 Å². The van der Waals surface area contributed by atoms with Gasteiger partial charge in [-0.3, -0.25) is 0 Å². The summed E-state index contributed by atoms with van der Waals surface area (Å²) in [5.41, 5.74) is 4.88. The van der Waals surface area contributed by atoms with Crippen molar-refractivity contribution in [3.63, 3.8) is 0 Å². The molecule has 1 saturated carbocycles. The molecular weight excluding hydrogens is 497 g/mol. The molecule has 0 spiro atoms. The summed E-state index contributed by atoms with van der Waals surface area (Å²) in [5, 5.41) is 0.962. The topological polar surface area (TPSA) is 57.8 Å². The van der Waals surface area contributed by atoms with Crippen molar-refractivity contribution >= 4 is 45.9 Å². The quantitative estimate of drug-likeness (QED) is 0.265. The van der Waals surface area contributed by atoms with Gasteiger partial charge in [-0.1, -0.05) is 35.3 Å². The Hall–Kier alpha value is -3.22. The van der Waals surface area contributed by atoms with Crippen LogP contribution in [-0.4, -0.2) is 28.3 Å². The lowest BCUT2D eigenvalue weighted by molar-refractivity contribution is 0.0600. The van der Waals surface area contributed by atoms with Crippen molar-refractivity contribution in [2.45, 2.75) is 38.3 Å². The van der Waals surface area contributed by atoms with Crippen LogP contribution in [0.5, 0.6) is 5.75 Å². The van der Waals surface area contributed by atoms with Gasteiger partial charge in [-0.05, 0) is 79.8 Å². The van der Waals surface area contributed by atoms with Crippen LogP contribution in [0.2, 0.25) is 10.0 Å². The number of carbonyl (C=O) groups excluding carboxylic acids is 1. The first-order chi connectivity index (χ1) is 17.4. The van der Waals surface area contributed by atoms with Gasteiger partial charge in [0.15, 0.2) is 0 Å². The van der Waals surface area contributed by atoms with Gasteiger partial charge in [0.05, 0.1) is 52.1 Å². The average molecular weight is 524 g/mol. The summed E-state index contributed by atoms with van der Waals surface area (Å²) in [5.74, 6) is 0.506. The monoisotopic (exact) mass is 523 g/mol. The van der Waals surface area contributed by atoms with Crippen LogP contribution in [0.15, 0.2) is 65.7 Å². The third kappa shape index (κ3) is 5.01. The van der Waals surface area contributed by atoms with E-state index in [2.05, 4.69) is 4.57 Å². The summed E-state index contributed by atoms with van der Waals surface area (Å²) in [4.78, 5) is 16.8. The van der Waals surface area contributed by atoms with Crippen molar-refractivity contribution in [1.29, 1.82) is 0 Å². The highest BCUT2D eigenvalue weighted by molar-refractivity contribution is 6.42. The molecule has 1 aliphatic rings. The zero-order chi connectivity index (χ0) is 25.2. The smallest absolute Gasteiger partial charge is 0.337 e. The third-order valence-corrected chi connectivity index (χ3v) is 7.32. The maximum Gasteiger partial charge on any atom is 0.337 e. The van der Waals surface area contributed by atoms with Crippen molar-refractivity contribution in [3.8, 4) is 5.75 Å². The third-order valence-electron chi connectivity index (χ3n) is 6.60. The van der Waals surface area contributed by atoms with E-state index < -0.39 is 0 Å². The Bertz CT molecular complexity index is 1470.